The van der Waals surface area contributed by atoms with E-state index in [1.807, 2.05) is 13.8 Å². The van der Waals surface area contributed by atoms with E-state index < -0.39 is 22.1 Å². The second-order valence-corrected chi connectivity index (χ2v) is 11.5. The lowest BCUT2D eigenvalue weighted by Gasteiger charge is -2.28. The Labute approximate surface area is 208 Å². The van der Waals surface area contributed by atoms with Gasteiger partial charge in [0.05, 0.1) is 11.4 Å². The molecule has 1 aromatic rings. The van der Waals surface area contributed by atoms with Crippen molar-refractivity contribution in [3.63, 3.8) is 0 Å². The van der Waals surface area contributed by atoms with E-state index in [0.717, 1.165) is 41.1 Å². The van der Waals surface area contributed by atoms with E-state index in [2.05, 4.69) is 17.6 Å². The maximum Gasteiger partial charge on any atom is 0.331 e. The van der Waals surface area contributed by atoms with Crippen molar-refractivity contribution in [3.05, 3.63) is 41.0 Å². The third-order valence-electron chi connectivity index (χ3n) is 6.91. The van der Waals surface area contributed by atoms with Crippen LogP contribution in [0.15, 0.2) is 40.3 Å². The summed E-state index contributed by atoms with van der Waals surface area (Å²) in [6.07, 6.45) is 4.82. The van der Waals surface area contributed by atoms with Crippen LogP contribution in [-0.2, 0) is 21.2 Å². The molecule has 1 saturated carbocycles. The van der Waals surface area contributed by atoms with Crippen LogP contribution in [-0.4, -0.2) is 61.8 Å². The minimum absolute atomic E-state index is 0.00181. The van der Waals surface area contributed by atoms with Crippen LogP contribution in [0.25, 0.3) is 0 Å². The third-order valence-corrected chi connectivity index (χ3v) is 8.67. The molecule has 0 bridgehead atoms. The number of carbonyl (C=O) groups excluding carboxylic acids is 3. The number of imide groups is 1. The predicted octanol–water partition coefficient (Wildman–Crippen LogP) is 3.42. The molecule has 0 atom stereocenters. The fourth-order valence-electron chi connectivity index (χ4n) is 4.54. The van der Waals surface area contributed by atoms with Gasteiger partial charge in [-0.15, -0.1) is 0 Å². The summed E-state index contributed by atoms with van der Waals surface area (Å²) in [5.41, 5.74) is 2.42. The van der Waals surface area contributed by atoms with E-state index >= 15 is 0 Å². The number of sulfonamides is 1. The number of nitrogens with one attached hydrogen (secondary N) is 2. The first kappa shape index (κ1) is 26.7. The monoisotopic (exact) mass is 504 g/mol. The number of nitrogens with zero attached hydrogens (tertiary/aromatic N) is 2. The number of amides is 5. The summed E-state index contributed by atoms with van der Waals surface area (Å²) in [5.74, 6) is 0.387. The molecule has 192 valence electrons. The predicted molar refractivity (Wildman–Crippen MR) is 133 cm³/mol. The fourth-order valence-corrected chi connectivity index (χ4v) is 5.61. The maximum absolute atomic E-state index is 12.9. The SMILES string of the molecule is CCC1=C(C)CN(C(=O)NCCc2ccc(S(=O)(=O)N(C)C(=O)NC3CCC(C)CC3)cc2)C1=O. The first-order valence-electron chi connectivity index (χ1n) is 12.2. The molecule has 35 heavy (non-hydrogen) atoms. The Balaban J connectivity index is 1.51. The quantitative estimate of drug-likeness (QED) is 0.590. The molecule has 1 heterocycles. The minimum atomic E-state index is -3.98. The second-order valence-electron chi connectivity index (χ2n) is 9.51. The average Bonchev–Trinajstić information content (AvgIpc) is 3.13. The van der Waals surface area contributed by atoms with Gasteiger partial charge in [-0.1, -0.05) is 26.0 Å². The van der Waals surface area contributed by atoms with Gasteiger partial charge in [0.15, 0.2) is 0 Å². The molecule has 3 rings (SSSR count). The number of hydrogen-bond acceptors (Lipinski definition) is 5. The molecule has 10 heteroatoms. The van der Waals surface area contributed by atoms with Crippen LogP contribution >= 0.6 is 0 Å². The molecule has 0 spiro atoms. The molecule has 1 aliphatic heterocycles. The summed E-state index contributed by atoms with van der Waals surface area (Å²) in [6, 6.07) is 5.19. The summed E-state index contributed by atoms with van der Waals surface area (Å²) >= 11 is 0. The van der Waals surface area contributed by atoms with E-state index in [9.17, 15) is 22.8 Å². The van der Waals surface area contributed by atoms with Crippen LogP contribution in [0.5, 0.6) is 0 Å². The zero-order valence-corrected chi connectivity index (χ0v) is 21.8. The van der Waals surface area contributed by atoms with Gasteiger partial charge in [-0.2, -0.15) is 0 Å². The molecule has 0 unspecified atom stereocenters. The largest absolute Gasteiger partial charge is 0.337 e. The summed E-state index contributed by atoms with van der Waals surface area (Å²) in [6.45, 7) is 6.54. The highest BCUT2D eigenvalue weighted by Gasteiger charge is 2.31. The molecule has 0 radical (unpaired) electrons. The molecule has 2 aliphatic rings. The Kier molecular flexibility index (Phi) is 8.58. The van der Waals surface area contributed by atoms with Gasteiger partial charge < -0.3 is 10.6 Å². The molecular weight excluding hydrogens is 468 g/mol. The first-order chi connectivity index (χ1) is 16.5. The molecular formula is C25H36N4O5S. The Morgan fingerprint density at radius 1 is 1.11 bits per heavy atom. The molecule has 5 amide bonds. The van der Waals surface area contributed by atoms with Gasteiger partial charge in [0, 0.05) is 25.2 Å². The fraction of sp³-hybridized carbons (Fsp3) is 0.560. The lowest BCUT2D eigenvalue weighted by molar-refractivity contribution is -0.123. The summed E-state index contributed by atoms with van der Waals surface area (Å²) in [4.78, 5) is 38.5. The highest BCUT2D eigenvalue weighted by atomic mass is 32.2. The Bertz CT molecular complexity index is 1090. The highest BCUT2D eigenvalue weighted by Crippen LogP contribution is 2.24. The minimum Gasteiger partial charge on any atom is -0.337 e. The molecule has 1 aliphatic carbocycles. The number of rotatable bonds is 7. The lowest BCUT2D eigenvalue weighted by Crippen LogP contribution is -2.46. The number of benzene rings is 1. The standard InChI is InChI=1S/C25H36N4O5S/c1-5-22-18(3)16-29(23(22)30)24(31)26-15-14-19-8-12-21(13-9-19)35(33,34)28(4)25(32)27-20-10-6-17(2)7-11-20/h8-9,12-13,17,20H,5-7,10-11,14-16H2,1-4H3,(H,26,31)(H,27,32). The van der Waals surface area contributed by atoms with E-state index in [1.165, 1.54) is 24.1 Å². The van der Waals surface area contributed by atoms with Crippen LogP contribution in [0.1, 0.15) is 58.4 Å². The molecule has 9 nitrogen and oxygen atoms in total. The number of carbonyl (C=O) groups is 3. The highest BCUT2D eigenvalue weighted by molar-refractivity contribution is 7.89. The second kappa shape index (κ2) is 11.2. The van der Waals surface area contributed by atoms with Gasteiger partial charge in [-0.3, -0.25) is 9.69 Å². The van der Waals surface area contributed by atoms with Crippen LogP contribution in [0.3, 0.4) is 0 Å². The van der Waals surface area contributed by atoms with Crippen molar-refractivity contribution in [1.82, 2.24) is 19.8 Å². The summed E-state index contributed by atoms with van der Waals surface area (Å²) < 4.78 is 26.6. The Hall–Kier alpha value is -2.88. The summed E-state index contributed by atoms with van der Waals surface area (Å²) in [5, 5.41) is 5.59. The number of urea groups is 2. The van der Waals surface area contributed by atoms with E-state index in [0.29, 0.717) is 37.4 Å². The third kappa shape index (κ3) is 6.22. The van der Waals surface area contributed by atoms with Crippen LogP contribution in [0.2, 0.25) is 0 Å². The van der Waals surface area contributed by atoms with Gasteiger partial charge in [0.2, 0.25) is 0 Å². The van der Waals surface area contributed by atoms with Crippen molar-refractivity contribution in [2.24, 2.45) is 5.92 Å². The Morgan fingerprint density at radius 3 is 2.31 bits per heavy atom. The normalized spacial score (nSPS) is 20.7. The van der Waals surface area contributed by atoms with Gasteiger partial charge in [-0.05, 0) is 74.6 Å². The first-order valence-corrected chi connectivity index (χ1v) is 13.6. The maximum atomic E-state index is 12.9. The smallest absolute Gasteiger partial charge is 0.331 e. The summed E-state index contributed by atoms with van der Waals surface area (Å²) in [7, 11) is -2.71. The molecule has 0 saturated heterocycles. The molecule has 2 N–H and O–H groups in total. The van der Waals surface area contributed by atoms with E-state index in [4.69, 9.17) is 0 Å². The molecule has 0 aromatic heterocycles. The average molecular weight is 505 g/mol. The van der Waals surface area contributed by atoms with Crippen molar-refractivity contribution < 1.29 is 22.8 Å². The molecule has 1 aromatic carbocycles. The molecule has 1 fully saturated rings. The van der Waals surface area contributed by atoms with Crippen LogP contribution < -0.4 is 10.6 Å². The van der Waals surface area contributed by atoms with Crippen molar-refractivity contribution in [1.29, 1.82) is 0 Å². The topological polar surface area (TPSA) is 116 Å². The van der Waals surface area contributed by atoms with Crippen molar-refractivity contribution in [2.45, 2.75) is 70.2 Å². The number of hydrogen-bond donors (Lipinski definition) is 2. The lowest BCUT2D eigenvalue weighted by atomic mass is 9.87. The van der Waals surface area contributed by atoms with Gasteiger partial charge >= 0.3 is 12.1 Å². The Morgan fingerprint density at radius 2 is 1.74 bits per heavy atom. The van der Waals surface area contributed by atoms with Crippen molar-refractivity contribution in [3.8, 4) is 0 Å². The zero-order valence-electron chi connectivity index (χ0n) is 21.0. The van der Waals surface area contributed by atoms with Gasteiger partial charge in [-0.25, -0.2) is 22.3 Å². The van der Waals surface area contributed by atoms with E-state index in [-0.39, 0.29) is 16.8 Å². The van der Waals surface area contributed by atoms with Gasteiger partial charge in [0.25, 0.3) is 15.9 Å². The van der Waals surface area contributed by atoms with Gasteiger partial charge in [0.1, 0.15) is 0 Å². The van der Waals surface area contributed by atoms with Crippen molar-refractivity contribution >= 4 is 28.0 Å². The zero-order chi connectivity index (χ0) is 25.8. The van der Waals surface area contributed by atoms with Crippen molar-refractivity contribution in [2.75, 3.05) is 20.1 Å². The van der Waals surface area contributed by atoms with E-state index in [1.54, 1.807) is 12.1 Å². The van der Waals surface area contributed by atoms with Crippen LogP contribution in [0.4, 0.5) is 9.59 Å². The van der Waals surface area contributed by atoms with Crippen LogP contribution in [0, 0.1) is 5.92 Å².